The number of ether oxygens (including phenoxy) is 1. The third-order valence-electron chi connectivity index (χ3n) is 8.71. The lowest BCUT2D eigenvalue weighted by molar-refractivity contribution is -0.122. The van der Waals surface area contributed by atoms with Gasteiger partial charge in [0.2, 0.25) is 11.8 Å². The van der Waals surface area contributed by atoms with Crippen molar-refractivity contribution in [1.82, 2.24) is 4.98 Å². The average Bonchev–Trinajstić information content (AvgIpc) is 3.25. The van der Waals surface area contributed by atoms with Gasteiger partial charge < -0.3 is 4.74 Å². The molecule has 6 rings (SSSR count). The number of amides is 2. The van der Waals surface area contributed by atoms with Crippen LogP contribution >= 0.6 is 11.6 Å². The number of rotatable bonds is 6. The highest BCUT2D eigenvalue weighted by atomic mass is 35.5. The summed E-state index contributed by atoms with van der Waals surface area (Å²) in [6, 6.07) is 19.2. The predicted molar refractivity (Wildman–Crippen MR) is 165 cm³/mol. The number of Topliss-reactive ketones (excluding diaryl/α,β-unsaturated/α-hetero) is 1. The summed E-state index contributed by atoms with van der Waals surface area (Å²) in [4.78, 5) is 58.5. The van der Waals surface area contributed by atoms with Crippen molar-refractivity contribution in [2.75, 3.05) is 11.5 Å². The fourth-order valence-electron chi connectivity index (χ4n) is 6.18. The van der Waals surface area contributed by atoms with E-state index in [-0.39, 0.29) is 35.0 Å². The van der Waals surface area contributed by atoms with E-state index in [0.717, 1.165) is 24.8 Å². The number of nitrogens with zero attached hydrogens (tertiary/aromatic N) is 2. The molecule has 3 atom stereocenters. The Labute approximate surface area is 254 Å². The number of fused-ring (bicyclic) bond motifs is 2. The van der Waals surface area contributed by atoms with Crippen LogP contribution in [0.25, 0.3) is 22.2 Å². The van der Waals surface area contributed by atoms with Crippen LogP contribution in [-0.2, 0) is 14.3 Å². The molecular formula is C35H31ClN2O5. The van der Waals surface area contributed by atoms with E-state index >= 15 is 0 Å². The summed E-state index contributed by atoms with van der Waals surface area (Å²) in [6.45, 7) is 5.48. The van der Waals surface area contributed by atoms with Crippen LogP contribution in [0.1, 0.15) is 58.0 Å². The molecular weight excluding hydrogens is 564 g/mol. The SMILES string of the molecule is Cc1ccc(C(=O)COC(=O)c2cc(-c3ccc(N4C(=O)C5CCC(C)CC5C4=O)cc3)nc3c(C)c(Cl)ccc23)cc1. The summed E-state index contributed by atoms with van der Waals surface area (Å²) in [5, 5.41) is 1.06. The van der Waals surface area contributed by atoms with Gasteiger partial charge in [-0.3, -0.25) is 19.3 Å². The number of aryl methyl sites for hydroxylation is 2. The number of halogens is 1. The van der Waals surface area contributed by atoms with E-state index in [2.05, 4.69) is 6.92 Å². The van der Waals surface area contributed by atoms with Crippen molar-refractivity contribution in [3.05, 3.63) is 94.0 Å². The Morgan fingerprint density at radius 2 is 1.63 bits per heavy atom. The Morgan fingerprint density at radius 3 is 2.35 bits per heavy atom. The fourth-order valence-corrected chi connectivity index (χ4v) is 6.33. The monoisotopic (exact) mass is 594 g/mol. The van der Waals surface area contributed by atoms with Crippen LogP contribution in [0, 0.1) is 31.6 Å². The van der Waals surface area contributed by atoms with Crippen LogP contribution in [0.2, 0.25) is 5.02 Å². The molecule has 1 aliphatic carbocycles. The Bertz CT molecular complexity index is 1780. The number of benzene rings is 3. The van der Waals surface area contributed by atoms with E-state index in [1.54, 1.807) is 54.6 Å². The van der Waals surface area contributed by atoms with Gasteiger partial charge in [0.15, 0.2) is 12.4 Å². The first-order valence-electron chi connectivity index (χ1n) is 14.5. The van der Waals surface area contributed by atoms with Gasteiger partial charge in [0.1, 0.15) is 0 Å². The molecule has 0 radical (unpaired) electrons. The Balaban J connectivity index is 1.30. The fraction of sp³-hybridized carbons (Fsp3) is 0.286. The minimum Gasteiger partial charge on any atom is -0.454 e. The predicted octanol–water partition coefficient (Wildman–Crippen LogP) is 7.14. The van der Waals surface area contributed by atoms with Crippen molar-refractivity contribution < 1.29 is 23.9 Å². The molecule has 1 saturated carbocycles. The number of carbonyl (C=O) groups excluding carboxylic acids is 4. The van der Waals surface area contributed by atoms with Crippen molar-refractivity contribution in [2.24, 2.45) is 17.8 Å². The van der Waals surface area contributed by atoms with E-state index in [1.807, 2.05) is 26.0 Å². The van der Waals surface area contributed by atoms with Crippen LogP contribution in [0.5, 0.6) is 0 Å². The highest BCUT2D eigenvalue weighted by Gasteiger charge is 2.49. The van der Waals surface area contributed by atoms with Crippen LogP contribution in [0.15, 0.2) is 66.7 Å². The molecule has 2 aliphatic rings. The molecule has 0 bridgehead atoms. The Hall–Kier alpha value is -4.36. The smallest absolute Gasteiger partial charge is 0.339 e. The summed E-state index contributed by atoms with van der Waals surface area (Å²) in [7, 11) is 0. The van der Waals surface area contributed by atoms with Crippen LogP contribution in [-0.4, -0.2) is 35.2 Å². The normalized spacial score (nSPS) is 19.9. The molecule has 8 heteroatoms. The second-order valence-corrected chi connectivity index (χ2v) is 12.1. The summed E-state index contributed by atoms with van der Waals surface area (Å²) < 4.78 is 5.48. The average molecular weight is 595 g/mol. The molecule has 2 amide bonds. The number of pyridine rings is 1. The highest BCUT2D eigenvalue weighted by molar-refractivity contribution is 6.32. The van der Waals surface area contributed by atoms with Crippen molar-refractivity contribution >= 4 is 51.8 Å². The van der Waals surface area contributed by atoms with Crippen molar-refractivity contribution in [3.8, 4) is 11.3 Å². The van der Waals surface area contributed by atoms with Gasteiger partial charge in [-0.25, -0.2) is 9.78 Å². The molecule has 1 saturated heterocycles. The first kappa shape index (κ1) is 28.7. The molecule has 3 aromatic carbocycles. The Kier molecular flexibility index (Phi) is 7.61. The molecule has 0 N–H and O–H groups in total. The maximum Gasteiger partial charge on any atom is 0.339 e. The maximum atomic E-state index is 13.4. The van der Waals surface area contributed by atoms with Gasteiger partial charge in [0.05, 0.1) is 34.3 Å². The lowest BCUT2D eigenvalue weighted by Gasteiger charge is -2.25. The van der Waals surface area contributed by atoms with E-state index < -0.39 is 12.6 Å². The van der Waals surface area contributed by atoms with Gasteiger partial charge in [-0.2, -0.15) is 0 Å². The Morgan fingerprint density at radius 1 is 0.930 bits per heavy atom. The topological polar surface area (TPSA) is 93.6 Å². The van der Waals surface area contributed by atoms with E-state index in [0.29, 0.717) is 49.9 Å². The number of carbonyl (C=O) groups is 4. The zero-order chi connectivity index (χ0) is 30.4. The van der Waals surface area contributed by atoms with Crippen molar-refractivity contribution in [2.45, 2.75) is 40.0 Å². The molecule has 1 aromatic heterocycles. The van der Waals surface area contributed by atoms with E-state index in [1.165, 1.54) is 4.90 Å². The molecule has 218 valence electrons. The largest absolute Gasteiger partial charge is 0.454 e. The summed E-state index contributed by atoms with van der Waals surface area (Å²) in [6.07, 6.45) is 2.43. The van der Waals surface area contributed by atoms with Crippen LogP contribution in [0.3, 0.4) is 0 Å². The second-order valence-electron chi connectivity index (χ2n) is 11.7. The van der Waals surface area contributed by atoms with Gasteiger partial charge in [-0.15, -0.1) is 0 Å². The number of aromatic nitrogens is 1. The van der Waals surface area contributed by atoms with Gasteiger partial charge in [0.25, 0.3) is 0 Å². The minimum absolute atomic E-state index is 0.131. The van der Waals surface area contributed by atoms with Gasteiger partial charge >= 0.3 is 5.97 Å². The number of anilines is 1. The molecule has 4 aromatic rings. The standard InChI is InChI=1S/C35H31ClN2O5/c1-19-4-7-23(8-5-19)31(39)18-43-35(42)28-17-30(37-32-21(3)29(36)15-14-25(28)32)22-9-11-24(12-10-22)38-33(40)26-13-6-20(2)16-27(26)34(38)41/h4-5,7-12,14-15,17,20,26-27H,6,13,16,18H2,1-3H3. The summed E-state index contributed by atoms with van der Waals surface area (Å²) in [5.74, 6) is -1.29. The first-order valence-corrected chi connectivity index (χ1v) is 14.8. The quantitative estimate of drug-likeness (QED) is 0.134. The zero-order valence-corrected chi connectivity index (χ0v) is 25.0. The summed E-state index contributed by atoms with van der Waals surface area (Å²) >= 11 is 6.41. The van der Waals surface area contributed by atoms with Gasteiger partial charge in [0, 0.05) is 21.5 Å². The first-order chi connectivity index (χ1) is 20.6. The minimum atomic E-state index is -0.655. The number of esters is 1. The second kappa shape index (κ2) is 11.4. The highest BCUT2D eigenvalue weighted by Crippen LogP contribution is 2.42. The summed E-state index contributed by atoms with van der Waals surface area (Å²) in [5.41, 5.74) is 4.67. The maximum absolute atomic E-state index is 13.4. The van der Waals surface area contributed by atoms with Crippen molar-refractivity contribution in [1.29, 1.82) is 0 Å². The third-order valence-corrected chi connectivity index (χ3v) is 9.11. The number of hydrogen-bond donors (Lipinski definition) is 0. The lowest BCUT2D eigenvalue weighted by Crippen LogP contribution is -2.30. The molecule has 2 heterocycles. The molecule has 0 spiro atoms. The third kappa shape index (κ3) is 5.34. The van der Waals surface area contributed by atoms with Crippen LogP contribution in [0.4, 0.5) is 5.69 Å². The van der Waals surface area contributed by atoms with Gasteiger partial charge in [-0.1, -0.05) is 66.6 Å². The van der Waals surface area contributed by atoms with E-state index in [4.69, 9.17) is 21.3 Å². The lowest BCUT2D eigenvalue weighted by atomic mass is 9.76. The molecule has 43 heavy (non-hydrogen) atoms. The van der Waals surface area contributed by atoms with Crippen LogP contribution < -0.4 is 4.90 Å². The molecule has 3 unspecified atom stereocenters. The molecule has 2 fully saturated rings. The molecule has 1 aliphatic heterocycles. The zero-order valence-electron chi connectivity index (χ0n) is 24.2. The van der Waals surface area contributed by atoms with E-state index in [9.17, 15) is 19.2 Å². The number of ketones is 1. The molecule has 7 nitrogen and oxygen atoms in total. The van der Waals surface area contributed by atoms with Crippen molar-refractivity contribution in [3.63, 3.8) is 0 Å². The van der Waals surface area contributed by atoms with Gasteiger partial charge in [-0.05, 0) is 68.9 Å². The number of hydrogen-bond acceptors (Lipinski definition) is 6. The number of imide groups is 1.